The van der Waals surface area contributed by atoms with Crippen molar-refractivity contribution in [1.82, 2.24) is 0 Å². The van der Waals surface area contributed by atoms with Crippen molar-refractivity contribution in [2.45, 2.75) is 0 Å². The van der Waals surface area contributed by atoms with Gasteiger partial charge in [0.1, 0.15) is 0 Å². The van der Waals surface area contributed by atoms with Gasteiger partial charge in [0.25, 0.3) is 0 Å². The zero-order valence-corrected chi connectivity index (χ0v) is 17.0. The number of rotatable bonds is 4. The highest BCUT2D eigenvalue weighted by molar-refractivity contribution is 7.12. The van der Waals surface area contributed by atoms with Crippen LogP contribution in [0.25, 0.3) is 23.3 Å². The van der Waals surface area contributed by atoms with Gasteiger partial charge in [-0.25, -0.2) is 0 Å². The zero-order chi connectivity index (χ0) is 17.6. The lowest BCUT2D eigenvalue weighted by atomic mass is 10.1. The summed E-state index contributed by atoms with van der Waals surface area (Å²) in [6, 6.07) is 16.8. The molecule has 0 amide bonds. The third-order valence-electron chi connectivity index (χ3n) is 3.56. The van der Waals surface area contributed by atoms with E-state index in [1.165, 1.54) is 19.5 Å². The molecule has 26 heavy (non-hydrogen) atoms. The molecule has 4 aromatic heterocycles. The van der Waals surface area contributed by atoms with E-state index in [2.05, 4.69) is 94.0 Å². The van der Waals surface area contributed by atoms with E-state index in [9.17, 15) is 0 Å². The van der Waals surface area contributed by atoms with Crippen LogP contribution < -0.4 is 0 Å². The summed E-state index contributed by atoms with van der Waals surface area (Å²) in [5.74, 6) is 6.86. The topological polar surface area (TPSA) is 0 Å². The molecule has 0 atom stereocenters. The predicted octanol–water partition coefficient (Wildman–Crippen LogP) is 7.72. The van der Waals surface area contributed by atoms with Gasteiger partial charge >= 0.3 is 0 Å². The van der Waals surface area contributed by atoms with Crippen LogP contribution in [0.15, 0.2) is 70.1 Å². The maximum absolute atomic E-state index is 3.43. The fourth-order valence-corrected chi connectivity index (χ4v) is 5.08. The van der Waals surface area contributed by atoms with Gasteiger partial charge in [0.2, 0.25) is 0 Å². The van der Waals surface area contributed by atoms with Crippen molar-refractivity contribution in [3.8, 4) is 11.8 Å². The second-order valence-electron chi connectivity index (χ2n) is 5.35. The van der Waals surface area contributed by atoms with Crippen LogP contribution in [-0.4, -0.2) is 0 Å². The van der Waals surface area contributed by atoms with E-state index in [0.29, 0.717) is 0 Å². The molecule has 0 aromatic carbocycles. The van der Waals surface area contributed by atoms with Crippen molar-refractivity contribution in [3.63, 3.8) is 0 Å². The molecule has 0 bridgehead atoms. The molecule has 0 saturated carbocycles. The molecule has 4 aromatic rings. The third kappa shape index (κ3) is 4.32. The van der Waals surface area contributed by atoms with Crippen LogP contribution in [0.1, 0.15) is 19.5 Å². The Kier molecular flexibility index (Phi) is 5.63. The molecule has 4 heteroatoms. The lowest BCUT2D eigenvalue weighted by Crippen LogP contribution is -1.79. The van der Waals surface area contributed by atoms with E-state index < -0.39 is 0 Å². The van der Waals surface area contributed by atoms with Gasteiger partial charge in [0, 0.05) is 30.7 Å². The first kappa shape index (κ1) is 17.3. The van der Waals surface area contributed by atoms with Gasteiger partial charge < -0.3 is 0 Å². The monoisotopic (exact) mass is 406 g/mol. The van der Waals surface area contributed by atoms with Crippen molar-refractivity contribution in [1.29, 1.82) is 0 Å². The third-order valence-corrected chi connectivity index (χ3v) is 7.01. The minimum absolute atomic E-state index is 1.07. The smallest absolute Gasteiger partial charge is 0.0435 e. The molecule has 0 saturated heterocycles. The lowest BCUT2D eigenvalue weighted by Gasteiger charge is -1.98. The van der Waals surface area contributed by atoms with Gasteiger partial charge in [0.05, 0.1) is 0 Å². The Morgan fingerprint density at radius 1 is 0.577 bits per heavy atom. The van der Waals surface area contributed by atoms with Crippen molar-refractivity contribution >= 4 is 68.6 Å². The Labute approximate surface area is 169 Å². The molecule has 0 fully saturated rings. The molecule has 4 rings (SSSR count). The Hall–Kier alpha value is -2.16. The zero-order valence-electron chi connectivity index (χ0n) is 13.7. The van der Waals surface area contributed by atoms with Crippen molar-refractivity contribution in [2.75, 3.05) is 0 Å². The van der Waals surface area contributed by atoms with Crippen LogP contribution >= 0.6 is 45.3 Å². The van der Waals surface area contributed by atoms with Crippen LogP contribution in [0.2, 0.25) is 0 Å². The Morgan fingerprint density at radius 2 is 1.00 bits per heavy atom. The van der Waals surface area contributed by atoms with Crippen molar-refractivity contribution in [2.24, 2.45) is 0 Å². The molecule has 0 nitrogen and oxygen atoms in total. The highest BCUT2D eigenvalue weighted by Gasteiger charge is 2.04. The highest BCUT2D eigenvalue weighted by atomic mass is 32.1. The summed E-state index contributed by atoms with van der Waals surface area (Å²) < 4.78 is 0. The van der Waals surface area contributed by atoms with E-state index in [1.54, 1.807) is 45.3 Å². The minimum atomic E-state index is 1.07. The number of hydrogen-bond acceptors (Lipinski definition) is 4. The number of allylic oxidation sites excluding steroid dienone is 2. The van der Waals surface area contributed by atoms with E-state index in [-0.39, 0.29) is 0 Å². The van der Waals surface area contributed by atoms with Crippen LogP contribution in [0.3, 0.4) is 0 Å². The summed E-state index contributed by atoms with van der Waals surface area (Å²) in [6.07, 6.45) is 4.36. The molecule has 0 N–H and O–H groups in total. The highest BCUT2D eigenvalue weighted by Crippen LogP contribution is 2.27. The summed E-state index contributed by atoms with van der Waals surface area (Å²) in [5.41, 5.74) is 2.13. The normalized spacial score (nSPS) is 12.0. The molecule has 0 unspecified atom stereocenters. The number of hydrogen-bond donors (Lipinski definition) is 0. The molecular weight excluding hydrogens is 393 g/mol. The summed E-state index contributed by atoms with van der Waals surface area (Å²) in [4.78, 5) is 4.85. The van der Waals surface area contributed by atoms with Gasteiger partial charge in [-0.15, -0.1) is 45.3 Å². The fourth-order valence-electron chi connectivity index (χ4n) is 2.37. The second kappa shape index (κ2) is 8.48. The van der Waals surface area contributed by atoms with Gasteiger partial charge in [-0.1, -0.05) is 36.1 Å². The summed E-state index contributed by atoms with van der Waals surface area (Å²) in [7, 11) is 0. The van der Waals surface area contributed by atoms with E-state index in [1.807, 2.05) is 0 Å². The lowest BCUT2D eigenvalue weighted by molar-refractivity contribution is 1.88. The van der Waals surface area contributed by atoms with Crippen LogP contribution in [0.4, 0.5) is 0 Å². The maximum atomic E-state index is 3.43. The summed E-state index contributed by atoms with van der Waals surface area (Å²) in [5, 5.41) is 8.39. The van der Waals surface area contributed by atoms with Gasteiger partial charge in [-0.05, 0) is 57.9 Å². The molecule has 0 aliphatic heterocycles. The second-order valence-corrected chi connectivity index (χ2v) is 9.21. The summed E-state index contributed by atoms with van der Waals surface area (Å²) in [6.45, 7) is 0. The van der Waals surface area contributed by atoms with E-state index >= 15 is 0 Å². The molecule has 126 valence electrons. The standard InChI is InChI=1S/C22H14S4/c1-5-19(23-11-1)15-17(21-7-3-13-25-21)9-10-18(22-8-4-14-26-22)16-20-6-2-12-24-20/h1-8,11-16H/b17-15+,18-16+. The molecule has 0 radical (unpaired) electrons. The van der Waals surface area contributed by atoms with Crippen LogP contribution in [0, 0.1) is 11.8 Å². The number of thiophene rings is 4. The predicted molar refractivity (Wildman–Crippen MR) is 121 cm³/mol. The average molecular weight is 407 g/mol. The van der Waals surface area contributed by atoms with Gasteiger partial charge in [-0.2, -0.15) is 0 Å². The Morgan fingerprint density at radius 3 is 1.35 bits per heavy atom. The van der Waals surface area contributed by atoms with Crippen LogP contribution in [-0.2, 0) is 0 Å². The van der Waals surface area contributed by atoms with Gasteiger partial charge in [0.15, 0.2) is 0 Å². The Balaban J connectivity index is 1.75. The first-order chi connectivity index (χ1) is 12.9. The molecule has 0 spiro atoms. The fraction of sp³-hybridized carbons (Fsp3) is 0. The van der Waals surface area contributed by atoms with E-state index in [4.69, 9.17) is 0 Å². The van der Waals surface area contributed by atoms with Gasteiger partial charge in [-0.3, -0.25) is 0 Å². The Bertz CT molecular complexity index is 961. The van der Waals surface area contributed by atoms with E-state index in [0.717, 1.165) is 11.1 Å². The molecule has 4 heterocycles. The SMILES string of the molecule is C(#C/C(=C\c1cccs1)c1cccs1)/C(=C\c1cccs1)c1cccs1. The molecule has 0 aliphatic rings. The van der Waals surface area contributed by atoms with Crippen molar-refractivity contribution in [3.05, 3.63) is 89.6 Å². The molecular formula is C22H14S4. The average Bonchev–Trinajstić information content (AvgIpc) is 3.45. The molecule has 0 aliphatic carbocycles. The summed E-state index contributed by atoms with van der Waals surface area (Å²) >= 11 is 6.92. The maximum Gasteiger partial charge on any atom is 0.0435 e. The minimum Gasteiger partial charge on any atom is -0.144 e. The first-order valence-corrected chi connectivity index (χ1v) is 11.5. The van der Waals surface area contributed by atoms with Crippen LogP contribution in [0.5, 0.6) is 0 Å². The van der Waals surface area contributed by atoms with Crippen molar-refractivity contribution < 1.29 is 0 Å². The first-order valence-electron chi connectivity index (χ1n) is 7.99. The largest absolute Gasteiger partial charge is 0.144 e. The quantitative estimate of drug-likeness (QED) is 0.304.